The van der Waals surface area contributed by atoms with Crippen LogP contribution in [-0.4, -0.2) is 16.1 Å². The maximum atomic E-state index is 11.2. The fraction of sp³-hybridized carbons (Fsp3) is 0.381. The second-order valence-electron chi connectivity index (χ2n) is 7.13. The molecule has 0 radical (unpaired) electrons. The van der Waals surface area contributed by atoms with Gasteiger partial charge in [-0.25, -0.2) is 0 Å². The number of carboxylic acids is 1. The van der Waals surface area contributed by atoms with Gasteiger partial charge in [-0.15, -0.1) is 0 Å². The van der Waals surface area contributed by atoms with Crippen molar-refractivity contribution in [1.82, 2.24) is 4.98 Å². The summed E-state index contributed by atoms with van der Waals surface area (Å²) in [5, 5.41) is 11.7. The number of carboxylic acid groups (broad SMARTS) is 1. The summed E-state index contributed by atoms with van der Waals surface area (Å²) in [7, 11) is 0. The molecule has 1 saturated carbocycles. The van der Waals surface area contributed by atoms with E-state index < -0.39 is 11.9 Å². The van der Waals surface area contributed by atoms with Crippen LogP contribution >= 0.6 is 0 Å². The van der Waals surface area contributed by atoms with Crippen molar-refractivity contribution in [3.63, 3.8) is 0 Å². The Balaban J connectivity index is 1.78. The van der Waals surface area contributed by atoms with Gasteiger partial charge in [0.15, 0.2) is 0 Å². The fourth-order valence-corrected chi connectivity index (χ4v) is 4.04. The quantitative estimate of drug-likeness (QED) is 0.664. The number of nitrogens with one attached hydrogen (secondary N) is 1. The molecule has 3 aromatic rings. The summed E-state index contributed by atoms with van der Waals surface area (Å²) in [6, 6.07) is 12.8. The van der Waals surface area contributed by atoms with E-state index in [-0.39, 0.29) is 0 Å². The topological polar surface area (TPSA) is 53.1 Å². The van der Waals surface area contributed by atoms with E-state index in [4.69, 9.17) is 0 Å². The third-order valence-electron chi connectivity index (χ3n) is 5.59. The van der Waals surface area contributed by atoms with Gasteiger partial charge >= 0.3 is 5.97 Å². The van der Waals surface area contributed by atoms with Crippen LogP contribution in [0.5, 0.6) is 0 Å². The van der Waals surface area contributed by atoms with Crippen molar-refractivity contribution in [3.8, 4) is 0 Å². The summed E-state index contributed by atoms with van der Waals surface area (Å²) in [6.07, 6.45) is 6.65. The van der Waals surface area contributed by atoms with Crippen molar-refractivity contribution in [2.24, 2.45) is 0 Å². The normalized spacial score (nSPS) is 17.4. The number of hydrogen-bond donors (Lipinski definition) is 2. The number of hydrogen-bond acceptors (Lipinski definition) is 1. The zero-order valence-corrected chi connectivity index (χ0v) is 14.0. The first-order chi connectivity index (χ1) is 11.6. The van der Waals surface area contributed by atoms with Gasteiger partial charge in [-0.2, -0.15) is 0 Å². The minimum atomic E-state index is -0.787. The van der Waals surface area contributed by atoms with E-state index in [0.29, 0.717) is 5.92 Å². The highest BCUT2D eigenvalue weighted by atomic mass is 16.4. The average Bonchev–Trinajstić information content (AvgIpc) is 2.98. The molecule has 1 aromatic heterocycles. The number of aromatic nitrogens is 1. The van der Waals surface area contributed by atoms with Gasteiger partial charge in [0.1, 0.15) is 0 Å². The van der Waals surface area contributed by atoms with E-state index in [0.717, 1.165) is 16.6 Å². The molecule has 0 saturated heterocycles. The Morgan fingerprint density at radius 3 is 2.58 bits per heavy atom. The van der Waals surface area contributed by atoms with Crippen LogP contribution < -0.4 is 0 Å². The molecule has 1 unspecified atom stereocenters. The van der Waals surface area contributed by atoms with Crippen LogP contribution in [0.4, 0.5) is 0 Å². The van der Waals surface area contributed by atoms with Crippen molar-refractivity contribution in [2.45, 2.75) is 50.9 Å². The number of rotatable bonds is 3. The summed E-state index contributed by atoms with van der Waals surface area (Å²) in [6.45, 7) is 1.73. The van der Waals surface area contributed by atoms with Gasteiger partial charge in [0.2, 0.25) is 0 Å². The van der Waals surface area contributed by atoms with Crippen LogP contribution in [0.2, 0.25) is 0 Å². The summed E-state index contributed by atoms with van der Waals surface area (Å²) >= 11 is 0. The zero-order chi connectivity index (χ0) is 16.7. The Labute approximate surface area is 141 Å². The summed E-state index contributed by atoms with van der Waals surface area (Å²) in [5.41, 5.74) is 4.45. The molecular weight excluding hydrogens is 298 g/mol. The molecule has 0 amide bonds. The van der Waals surface area contributed by atoms with Gasteiger partial charge in [0, 0.05) is 21.8 Å². The monoisotopic (exact) mass is 321 g/mol. The Hall–Kier alpha value is -2.29. The molecule has 3 heteroatoms. The average molecular weight is 321 g/mol. The summed E-state index contributed by atoms with van der Waals surface area (Å²) in [5.74, 6) is -0.580. The lowest BCUT2D eigenvalue weighted by molar-refractivity contribution is -0.138. The first-order valence-corrected chi connectivity index (χ1v) is 8.91. The first kappa shape index (κ1) is 15.3. The maximum Gasteiger partial charge on any atom is 0.310 e. The van der Waals surface area contributed by atoms with Crippen molar-refractivity contribution in [3.05, 3.63) is 47.5 Å². The molecule has 124 valence electrons. The lowest BCUT2D eigenvalue weighted by Crippen LogP contribution is -2.06. The van der Waals surface area contributed by atoms with E-state index in [1.807, 2.05) is 12.1 Å². The molecule has 3 nitrogen and oxygen atoms in total. The van der Waals surface area contributed by atoms with Crippen LogP contribution in [-0.2, 0) is 4.79 Å². The molecule has 1 aliphatic carbocycles. The molecular formula is C21H23NO2. The summed E-state index contributed by atoms with van der Waals surface area (Å²) in [4.78, 5) is 14.7. The third kappa shape index (κ3) is 2.58. The highest BCUT2D eigenvalue weighted by Gasteiger charge is 2.18. The number of carbonyl (C=O) groups is 1. The molecule has 0 bridgehead atoms. The number of benzene rings is 2. The van der Waals surface area contributed by atoms with Crippen molar-refractivity contribution < 1.29 is 9.90 Å². The maximum absolute atomic E-state index is 11.2. The molecule has 4 rings (SSSR count). The number of aliphatic carboxylic acids is 1. The van der Waals surface area contributed by atoms with Gasteiger partial charge in [0.05, 0.1) is 5.92 Å². The Bertz CT molecular complexity index is 903. The Morgan fingerprint density at radius 1 is 1.04 bits per heavy atom. The predicted molar refractivity (Wildman–Crippen MR) is 97.7 cm³/mol. The number of fused-ring (bicyclic) bond motifs is 3. The van der Waals surface area contributed by atoms with Crippen LogP contribution in [0.1, 0.15) is 62.0 Å². The predicted octanol–water partition coefficient (Wildman–Crippen LogP) is 5.56. The Morgan fingerprint density at radius 2 is 1.83 bits per heavy atom. The molecule has 1 aliphatic rings. The van der Waals surface area contributed by atoms with E-state index >= 15 is 0 Å². The molecule has 2 aromatic carbocycles. The molecule has 1 heterocycles. The van der Waals surface area contributed by atoms with Crippen molar-refractivity contribution >= 4 is 27.8 Å². The van der Waals surface area contributed by atoms with Crippen LogP contribution in [0.3, 0.4) is 0 Å². The van der Waals surface area contributed by atoms with E-state index in [1.165, 1.54) is 48.4 Å². The lowest BCUT2D eigenvalue weighted by Gasteiger charge is -2.22. The summed E-state index contributed by atoms with van der Waals surface area (Å²) < 4.78 is 0. The highest BCUT2D eigenvalue weighted by Crippen LogP contribution is 2.36. The molecule has 1 atom stereocenters. The standard InChI is InChI=1S/C21H23NO2/c1-13(21(23)24)15-7-9-17-18-11-16(14-5-3-2-4-6-14)8-10-19(18)22-20(17)12-15/h7-14,22H,2-6H2,1H3,(H,23,24). The molecule has 0 spiro atoms. The SMILES string of the molecule is CC(C(=O)O)c1ccc2c(c1)[nH]c1ccc(C3CCCCC3)cc12. The van der Waals surface area contributed by atoms with Crippen LogP contribution in [0.15, 0.2) is 36.4 Å². The molecule has 1 fully saturated rings. The smallest absolute Gasteiger partial charge is 0.310 e. The highest BCUT2D eigenvalue weighted by molar-refractivity contribution is 6.07. The second kappa shape index (κ2) is 5.97. The lowest BCUT2D eigenvalue weighted by atomic mass is 9.84. The molecule has 24 heavy (non-hydrogen) atoms. The van der Waals surface area contributed by atoms with Gasteiger partial charge in [-0.1, -0.05) is 37.5 Å². The molecule has 0 aliphatic heterocycles. The largest absolute Gasteiger partial charge is 0.481 e. The van der Waals surface area contributed by atoms with Crippen molar-refractivity contribution in [1.29, 1.82) is 0 Å². The van der Waals surface area contributed by atoms with Gasteiger partial charge in [-0.05, 0) is 55.0 Å². The van der Waals surface area contributed by atoms with Gasteiger partial charge in [-0.3, -0.25) is 4.79 Å². The second-order valence-corrected chi connectivity index (χ2v) is 7.13. The Kier molecular flexibility index (Phi) is 3.79. The zero-order valence-electron chi connectivity index (χ0n) is 14.0. The minimum absolute atomic E-state index is 0.487. The van der Waals surface area contributed by atoms with Crippen LogP contribution in [0, 0.1) is 0 Å². The van der Waals surface area contributed by atoms with Crippen LogP contribution in [0.25, 0.3) is 21.8 Å². The van der Waals surface area contributed by atoms with E-state index in [2.05, 4.69) is 29.2 Å². The van der Waals surface area contributed by atoms with Gasteiger partial charge in [0.25, 0.3) is 0 Å². The fourth-order valence-electron chi connectivity index (χ4n) is 4.04. The van der Waals surface area contributed by atoms with E-state index in [1.54, 1.807) is 6.92 Å². The number of aromatic amines is 1. The van der Waals surface area contributed by atoms with Crippen molar-refractivity contribution in [2.75, 3.05) is 0 Å². The van der Waals surface area contributed by atoms with E-state index in [9.17, 15) is 9.90 Å². The minimum Gasteiger partial charge on any atom is -0.481 e. The third-order valence-corrected chi connectivity index (χ3v) is 5.59. The van der Waals surface area contributed by atoms with Gasteiger partial charge < -0.3 is 10.1 Å². The number of H-pyrrole nitrogens is 1. The molecule has 2 N–H and O–H groups in total. The first-order valence-electron chi connectivity index (χ1n) is 8.91.